The lowest BCUT2D eigenvalue weighted by Gasteiger charge is -2.12. The Morgan fingerprint density at radius 1 is 0.686 bits per heavy atom. The Hall–Kier alpha value is -2.68. The maximum atomic E-state index is 6.06. The number of nitrogens with zero attached hydrogens (tertiary/aromatic N) is 4. The van der Waals surface area contributed by atoms with E-state index in [9.17, 15) is 0 Å². The fourth-order valence-corrected chi connectivity index (χ4v) is 5.04. The summed E-state index contributed by atoms with van der Waals surface area (Å²) in [5.41, 5.74) is 7.22. The quantitative estimate of drug-likeness (QED) is 0.197. The number of imidazole rings is 2. The van der Waals surface area contributed by atoms with E-state index in [-0.39, 0.29) is 34.0 Å². The van der Waals surface area contributed by atoms with Crippen LogP contribution in [0.3, 0.4) is 0 Å². The second-order valence-electron chi connectivity index (χ2n) is 8.57. The summed E-state index contributed by atoms with van der Waals surface area (Å²) in [7, 11) is 1.78. The molecular formula is C27H28Br2N4O2. The average molecular weight is 600 g/mol. The van der Waals surface area contributed by atoms with Crippen LogP contribution < -0.4 is 47.8 Å². The molecule has 0 N–H and O–H groups in total. The molecule has 3 aromatic carbocycles. The van der Waals surface area contributed by atoms with Crippen molar-refractivity contribution in [3.63, 3.8) is 0 Å². The summed E-state index contributed by atoms with van der Waals surface area (Å²) in [5, 5.41) is 0. The molecule has 5 aromatic rings. The van der Waals surface area contributed by atoms with Crippen LogP contribution in [0, 0.1) is 0 Å². The zero-order valence-electron chi connectivity index (χ0n) is 19.6. The fraction of sp³-hybridized carbons (Fsp3) is 0.259. The van der Waals surface area contributed by atoms with Crippen LogP contribution in [0.4, 0.5) is 0 Å². The molecule has 2 aromatic heterocycles. The van der Waals surface area contributed by atoms with Crippen LogP contribution in [0.1, 0.15) is 11.1 Å². The minimum atomic E-state index is 0. The van der Waals surface area contributed by atoms with Crippen molar-refractivity contribution in [2.75, 3.05) is 20.3 Å². The number of benzene rings is 3. The van der Waals surface area contributed by atoms with Gasteiger partial charge in [-0.25, -0.2) is 18.3 Å². The molecule has 8 heteroatoms. The molecular weight excluding hydrogens is 572 g/mol. The topological polar surface area (TPSA) is 36.1 Å². The number of para-hydroxylation sites is 5. The molecule has 3 heterocycles. The van der Waals surface area contributed by atoms with Crippen molar-refractivity contribution in [1.82, 2.24) is 9.13 Å². The van der Waals surface area contributed by atoms with E-state index in [0.29, 0.717) is 13.2 Å². The molecule has 0 aliphatic carbocycles. The normalized spacial score (nSPS) is 13.7. The third-order valence-electron chi connectivity index (χ3n) is 6.58. The number of hydrogen-bond acceptors (Lipinski definition) is 2. The number of halogens is 2. The van der Waals surface area contributed by atoms with E-state index in [0.717, 1.165) is 31.9 Å². The predicted octanol–water partition coefficient (Wildman–Crippen LogP) is -2.69. The van der Waals surface area contributed by atoms with Crippen LogP contribution in [0.15, 0.2) is 79.4 Å². The van der Waals surface area contributed by atoms with Gasteiger partial charge in [-0.05, 0) is 24.3 Å². The van der Waals surface area contributed by atoms with Gasteiger partial charge in [0.1, 0.15) is 31.9 Å². The van der Waals surface area contributed by atoms with Crippen molar-refractivity contribution >= 4 is 22.1 Å². The van der Waals surface area contributed by atoms with Crippen LogP contribution >= 0.6 is 0 Å². The maximum absolute atomic E-state index is 6.06. The van der Waals surface area contributed by atoms with Crippen LogP contribution in [0.25, 0.3) is 22.1 Å². The molecule has 0 saturated heterocycles. The molecule has 0 unspecified atom stereocenters. The fourth-order valence-electron chi connectivity index (χ4n) is 5.04. The van der Waals surface area contributed by atoms with E-state index in [4.69, 9.17) is 9.47 Å². The van der Waals surface area contributed by atoms with Gasteiger partial charge in [0.05, 0.1) is 20.3 Å². The molecule has 1 aliphatic heterocycles. The van der Waals surface area contributed by atoms with Crippen LogP contribution in [-0.4, -0.2) is 29.5 Å². The van der Waals surface area contributed by atoms with Crippen LogP contribution in [0.2, 0.25) is 0 Å². The van der Waals surface area contributed by atoms with Gasteiger partial charge in [-0.3, -0.25) is 0 Å². The second-order valence-corrected chi connectivity index (χ2v) is 8.57. The Kier molecular flexibility index (Phi) is 7.94. The van der Waals surface area contributed by atoms with Gasteiger partial charge < -0.3 is 43.4 Å². The molecule has 6 nitrogen and oxygen atoms in total. The summed E-state index contributed by atoms with van der Waals surface area (Å²) < 4.78 is 21.2. The Morgan fingerprint density at radius 3 is 1.66 bits per heavy atom. The van der Waals surface area contributed by atoms with Crippen LogP contribution in [0.5, 0.6) is 5.75 Å². The lowest BCUT2D eigenvalue weighted by Crippen LogP contribution is -3.00. The van der Waals surface area contributed by atoms with Gasteiger partial charge in [0.15, 0.2) is 22.1 Å². The summed E-state index contributed by atoms with van der Waals surface area (Å²) in [6.45, 7) is 4.48. The number of fused-ring (bicyclic) bond motifs is 12. The number of ether oxygens (including phenoxy) is 2. The smallest absolute Gasteiger partial charge is 0.245 e. The van der Waals surface area contributed by atoms with Gasteiger partial charge in [-0.1, -0.05) is 42.5 Å². The molecule has 0 saturated carbocycles. The monoisotopic (exact) mass is 598 g/mol. The lowest BCUT2D eigenvalue weighted by atomic mass is 10.1. The number of hydrogen-bond donors (Lipinski definition) is 0. The summed E-state index contributed by atoms with van der Waals surface area (Å²) in [4.78, 5) is 0. The largest absolute Gasteiger partial charge is 1.00 e. The van der Waals surface area contributed by atoms with E-state index in [2.05, 4.69) is 97.7 Å². The first-order valence-corrected chi connectivity index (χ1v) is 11.5. The third-order valence-corrected chi connectivity index (χ3v) is 6.58. The molecule has 0 amide bonds. The first-order valence-electron chi connectivity index (χ1n) is 11.5. The van der Waals surface area contributed by atoms with Crippen molar-refractivity contribution in [2.45, 2.75) is 26.2 Å². The molecule has 1 aliphatic rings. The highest BCUT2D eigenvalue weighted by molar-refractivity contribution is 5.72. The maximum Gasteiger partial charge on any atom is 0.245 e. The van der Waals surface area contributed by atoms with Crippen molar-refractivity contribution in [3.8, 4) is 5.75 Å². The first kappa shape index (κ1) is 25.4. The summed E-state index contributed by atoms with van der Waals surface area (Å²) in [6, 6.07) is 23.6. The van der Waals surface area contributed by atoms with Crippen molar-refractivity contribution < 1.29 is 52.6 Å². The van der Waals surface area contributed by atoms with E-state index in [1.54, 1.807) is 7.11 Å². The van der Waals surface area contributed by atoms with Gasteiger partial charge in [0.2, 0.25) is 12.7 Å². The molecule has 0 spiro atoms. The molecule has 0 fully saturated rings. The van der Waals surface area contributed by atoms with Crippen molar-refractivity contribution in [3.05, 3.63) is 90.5 Å². The second kappa shape index (κ2) is 10.9. The number of methoxy groups -OCH3 is 1. The summed E-state index contributed by atoms with van der Waals surface area (Å²) in [6.07, 6.45) is 4.40. The molecule has 0 radical (unpaired) electrons. The standard InChI is InChI=1S/C27H28N4O2.2BrH/c1-32-27-21-7-6-8-22(27)18-31-20-29(24-10-3-5-12-26(24)31)14-16-33-15-13-28-19-30(17-21)25-11-4-2-9-23(25)28;;/h2-12,19-20H,13-18H2,1H3;2*1H/q+2;;/p-2. The lowest BCUT2D eigenvalue weighted by molar-refractivity contribution is -0.664. The average Bonchev–Trinajstić information content (AvgIpc) is 3.37. The highest BCUT2D eigenvalue weighted by atomic mass is 79.9. The highest BCUT2D eigenvalue weighted by Gasteiger charge is 2.21. The van der Waals surface area contributed by atoms with E-state index in [1.165, 1.54) is 33.2 Å². The SMILES string of the molecule is COc1c2cccc1C[n+]1cn(c3ccccc31)CCOCCn1c[n+](c3ccccc31)C2.[Br-].[Br-]. The highest BCUT2D eigenvalue weighted by Crippen LogP contribution is 2.25. The molecule has 6 rings (SSSR count). The Bertz CT molecular complexity index is 1360. The van der Waals surface area contributed by atoms with E-state index < -0.39 is 0 Å². The Balaban J connectivity index is 0.00000144. The summed E-state index contributed by atoms with van der Waals surface area (Å²) >= 11 is 0. The zero-order valence-corrected chi connectivity index (χ0v) is 22.8. The molecule has 0 atom stereocenters. The van der Waals surface area contributed by atoms with E-state index in [1.807, 2.05) is 0 Å². The van der Waals surface area contributed by atoms with Crippen molar-refractivity contribution in [1.29, 1.82) is 0 Å². The summed E-state index contributed by atoms with van der Waals surface area (Å²) in [5.74, 6) is 0.960. The van der Waals surface area contributed by atoms with Gasteiger partial charge in [0, 0.05) is 11.1 Å². The van der Waals surface area contributed by atoms with Gasteiger partial charge in [-0.2, -0.15) is 0 Å². The predicted molar refractivity (Wildman–Crippen MR) is 126 cm³/mol. The minimum absolute atomic E-state index is 0. The number of aromatic nitrogens is 4. The first-order chi connectivity index (χ1) is 16.3. The number of rotatable bonds is 1. The molecule has 182 valence electrons. The van der Waals surface area contributed by atoms with Crippen LogP contribution in [-0.2, 0) is 30.9 Å². The molecule has 6 bridgehead atoms. The third kappa shape index (κ3) is 4.75. The Labute approximate surface area is 225 Å². The van der Waals surface area contributed by atoms with E-state index >= 15 is 0 Å². The minimum Gasteiger partial charge on any atom is -1.00 e. The molecule has 35 heavy (non-hydrogen) atoms. The van der Waals surface area contributed by atoms with Gasteiger partial charge >= 0.3 is 0 Å². The van der Waals surface area contributed by atoms with Crippen molar-refractivity contribution in [2.24, 2.45) is 0 Å². The Morgan fingerprint density at radius 2 is 1.17 bits per heavy atom. The van der Waals surface area contributed by atoms with Gasteiger partial charge in [0.25, 0.3) is 0 Å². The van der Waals surface area contributed by atoms with Gasteiger partial charge in [-0.15, -0.1) is 0 Å². The zero-order chi connectivity index (χ0) is 22.2.